The lowest BCUT2D eigenvalue weighted by Crippen LogP contribution is -2.40. The largest absolute Gasteiger partial charge is 0.459 e. The SMILES string of the molecule is O=C(C1=C[C@@H](c2ccsc2)C[C@@H](OCCCCO)O1)N1CCOCCOCCOCCOCC1. The van der Waals surface area contributed by atoms with Gasteiger partial charge in [0.25, 0.3) is 5.91 Å². The Bertz CT molecular complexity index is 698. The van der Waals surface area contributed by atoms with Gasteiger partial charge in [0.15, 0.2) is 5.76 Å². The minimum absolute atomic E-state index is 0.0343. The fourth-order valence-electron chi connectivity index (χ4n) is 3.64. The van der Waals surface area contributed by atoms with Gasteiger partial charge in [-0.1, -0.05) is 0 Å². The maximum absolute atomic E-state index is 13.5. The van der Waals surface area contributed by atoms with Crippen LogP contribution < -0.4 is 0 Å². The zero-order valence-corrected chi connectivity index (χ0v) is 20.5. The molecule has 0 unspecified atom stereocenters. The molecule has 1 aromatic heterocycles. The Balaban J connectivity index is 1.64. The van der Waals surface area contributed by atoms with Gasteiger partial charge in [0.1, 0.15) is 0 Å². The lowest BCUT2D eigenvalue weighted by Gasteiger charge is -2.31. The van der Waals surface area contributed by atoms with Crippen molar-refractivity contribution < 1.29 is 38.3 Å². The summed E-state index contributed by atoms with van der Waals surface area (Å²) in [5.74, 6) is 0.124. The third kappa shape index (κ3) is 9.61. The van der Waals surface area contributed by atoms with E-state index in [1.165, 1.54) is 0 Å². The van der Waals surface area contributed by atoms with Crippen molar-refractivity contribution in [2.24, 2.45) is 0 Å². The van der Waals surface area contributed by atoms with Crippen LogP contribution in [0.3, 0.4) is 0 Å². The molecule has 1 N–H and O–H groups in total. The van der Waals surface area contributed by atoms with Crippen molar-refractivity contribution in [2.75, 3.05) is 79.2 Å². The monoisotopic (exact) mass is 499 g/mol. The Labute approximate surface area is 205 Å². The van der Waals surface area contributed by atoms with Crippen LogP contribution in [0.25, 0.3) is 0 Å². The summed E-state index contributed by atoms with van der Waals surface area (Å²) in [4.78, 5) is 15.2. The van der Waals surface area contributed by atoms with Crippen molar-refractivity contribution in [3.05, 3.63) is 34.2 Å². The molecule has 1 saturated heterocycles. The first-order chi connectivity index (χ1) is 16.8. The highest BCUT2D eigenvalue weighted by Gasteiger charge is 2.31. The maximum atomic E-state index is 13.5. The summed E-state index contributed by atoms with van der Waals surface area (Å²) < 4.78 is 34.1. The van der Waals surface area contributed by atoms with E-state index in [4.69, 9.17) is 33.5 Å². The number of carbonyl (C=O) groups excluding carboxylic acids is 1. The fourth-order valence-corrected chi connectivity index (χ4v) is 4.36. The average molecular weight is 500 g/mol. The summed E-state index contributed by atoms with van der Waals surface area (Å²) in [5, 5.41) is 13.1. The lowest BCUT2D eigenvalue weighted by molar-refractivity contribution is -0.153. The number of unbranched alkanes of at least 4 members (excludes halogenated alkanes) is 1. The molecule has 1 aromatic rings. The molecule has 2 aliphatic rings. The molecule has 10 heteroatoms. The van der Waals surface area contributed by atoms with Gasteiger partial charge in [-0.05, 0) is 41.3 Å². The normalized spacial score (nSPS) is 23.9. The second-order valence-electron chi connectivity index (χ2n) is 8.02. The van der Waals surface area contributed by atoms with Crippen molar-refractivity contribution in [3.63, 3.8) is 0 Å². The highest BCUT2D eigenvalue weighted by Crippen LogP contribution is 2.33. The molecule has 9 nitrogen and oxygen atoms in total. The van der Waals surface area contributed by atoms with Crippen LogP contribution in [0.5, 0.6) is 0 Å². The van der Waals surface area contributed by atoms with Crippen molar-refractivity contribution in [3.8, 4) is 0 Å². The predicted octanol–water partition coefficient (Wildman–Crippen LogP) is 2.16. The molecule has 3 heterocycles. The number of aliphatic hydroxyl groups is 1. The lowest BCUT2D eigenvalue weighted by atomic mass is 9.95. The second-order valence-corrected chi connectivity index (χ2v) is 8.80. The quantitative estimate of drug-likeness (QED) is 0.571. The molecule has 0 bridgehead atoms. The van der Waals surface area contributed by atoms with E-state index >= 15 is 0 Å². The van der Waals surface area contributed by atoms with Gasteiger partial charge in [-0.3, -0.25) is 4.79 Å². The van der Waals surface area contributed by atoms with E-state index in [2.05, 4.69) is 11.4 Å². The van der Waals surface area contributed by atoms with Crippen LogP contribution in [0, 0.1) is 0 Å². The molecule has 2 atom stereocenters. The Kier molecular flexibility index (Phi) is 12.9. The summed E-state index contributed by atoms with van der Waals surface area (Å²) in [6.07, 6.45) is 3.43. The van der Waals surface area contributed by atoms with E-state index in [-0.39, 0.29) is 18.4 Å². The summed E-state index contributed by atoms with van der Waals surface area (Å²) >= 11 is 1.63. The highest BCUT2D eigenvalue weighted by atomic mass is 32.1. The molecule has 0 saturated carbocycles. The summed E-state index contributed by atoms with van der Waals surface area (Å²) in [5.41, 5.74) is 1.14. The van der Waals surface area contributed by atoms with Gasteiger partial charge in [0, 0.05) is 32.0 Å². The van der Waals surface area contributed by atoms with Crippen LogP contribution in [-0.4, -0.2) is 101 Å². The van der Waals surface area contributed by atoms with Gasteiger partial charge in [-0.2, -0.15) is 11.3 Å². The summed E-state index contributed by atoms with van der Waals surface area (Å²) in [7, 11) is 0. The number of carbonyl (C=O) groups is 1. The molecule has 192 valence electrons. The molecular formula is C24H37NO8S. The first kappa shape index (κ1) is 27.1. The molecule has 34 heavy (non-hydrogen) atoms. The zero-order chi connectivity index (χ0) is 23.8. The van der Waals surface area contributed by atoms with Crippen molar-refractivity contribution in [2.45, 2.75) is 31.5 Å². The summed E-state index contributed by atoms with van der Waals surface area (Å²) in [6.45, 7) is 5.17. The fraction of sp³-hybridized carbons (Fsp3) is 0.708. The molecule has 1 fully saturated rings. The van der Waals surface area contributed by atoms with Crippen molar-refractivity contribution in [1.82, 2.24) is 4.90 Å². The van der Waals surface area contributed by atoms with Gasteiger partial charge < -0.3 is 38.4 Å². The van der Waals surface area contributed by atoms with E-state index in [0.29, 0.717) is 91.2 Å². The average Bonchev–Trinajstić information content (AvgIpc) is 3.39. The van der Waals surface area contributed by atoms with Gasteiger partial charge in [0.05, 0.1) is 59.5 Å². The number of ether oxygens (including phenoxy) is 6. The number of thiophene rings is 1. The third-order valence-corrected chi connectivity index (χ3v) is 6.21. The van der Waals surface area contributed by atoms with E-state index in [0.717, 1.165) is 12.0 Å². The Morgan fingerprint density at radius 3 is 2.24 bits per heavy atom. The van der Waals surface area contributed by atoms with E-state index in [1.807, 2.05) is 11.5 Å². The van der Waals surface area contributed by atoms with Gasteiger partial charge in [0.2, 0.25) is 6.29 Å². The Hall–Kier alpha value is -1.53. The number of hydrogen-bond donors (Lipinski definition) is 1. The van der Waals surface area contributed by atoms with Crippen molar-refractivity contribution >= 4 is 17.2 Å². The number of allylic oxidation sites excluding steroid dienone is 1. The first-order valence-electron chi connectivity index (χ1n) is 12.0. The van der Waals surface area contributed by atoms with Gasteiger partial charge in [-0.15, -0.1) is 0 Å². The highest BCUT2D eigenvalue weighted by molar-refractivity contribution is 7.08. The standard InChI is InChI=1S/C24H37NO8S/c26-6-1-2-7-32-23-18-21(20-3-16-34-19-20)17-22(33-23)24(27)25-4-8-28-10-12-30-14-15-31-13-11-29-9-5-25/h3,16-17,19,21,23,26H,1-2,4-15,18H2/t21-,23+/m1/s1. The predicted molar refractivity (Wildman–Crippen MR) is 127 cm³/mol. The van der Waals surface area contributed by atoms with Crippen LogP contribution in [-0.2, 0) is 33.2 Å². The van der Waals surface area contributed by atoms with E-state index in [9.17, 15) is 4.79 Å². The first-order valence-corrected chi connectivity index (χ1v) is 13.0. The molecule has 0 aromatic carbocycles. The number of nitrogens with zero attached hydrogens (tertiary/aromatic N) is 1. The van der Waals surface area contributed by atoms with Crippen LogP contribution in [0.1, 0.15) is 30.7 Å². The zero-order valence-electron chi connectivity index (χ0n) is 19.7. The molecule has 3 rings (SSSR count). The Morgan fingerprint density at radius 1 is 1.00 bits per heavy atom. The molecular weight excluding hydrogens is 462 g/mol. The van der Waals surface area contributed by atoms with E-state index in [1.54, 1.807) is 16.2 Å². The maximum Gasteiger partial charge on any atom is 0.288 e. The number of hydrogen-bond acceptors (Lipinski definition) is 9. The molecule has 2 aliphatic heterocycles. The Morgan fingerprint density at radius 2 is 1.65 bits per heavy atom. The molecule has 1 amide bonds. The van der Waals surface area contributed by atoms with Gasteiger partial charge in [-0.25, -0.2) is 0 Å². The minimum Gasteiger partial charge on any atom is -0.459 e. The van der Waals surface area contributed by atoms with E-state index < -0.39 is 6.29 Å². The van der Waals surface area contributed by atoms with Crippen LogP contribution >= 0.6 is 11.3 Å². The molecule has 0 radical (unpaired) electrons. The topological polar surface area (TPSA) is 95.9 Å². The number of amides is 1. The van der Waals surface area contributed by atoms with Crippen LogP contribution in [0.2, 0.25) is 0 Å². The minimum atomic E-state index is -0.516. The third-order valence-electron chi connectivity index (χ3n) is 5.51. The van der Waals surface area contributed by atoms with Crippen LogP contribution in [0.15, 0.2) is 28.7 Å². The van der Waals surface area contributed by atoms with Crippen molar-refractivity contribution in [1.29, 1.82) is 0 Å². The summed E-state index contributed by atoms with van der Waals surface area (Å²) in [6, 6.07) is 2.07. The number of aliphatic hydroxyl groups excluding tert-OH is 1. The second kappa shape index (κ2) is 16.2. The molecule has 0 spiro atoms. The number of rotatable bonds is 7. The smallest absolute Gasteiger partial charge is 0.288 e. The van der Waals surface area contributed by atoms with Gasteiger partial charge >= 0.3 is 0 Å². The van der Waals surface area contributed by atoms with Crippen LogP contribution in [0.4, 0.5) is 0 Å². The molecule has 0 aliphatic carbocycles.